The Kier molecular flexibility index (Phi) is 5.17. The third kappa shape index (κ3) is 3.67. The van der Waals surface area contributed by atoms with Crippen LogP contribution in [0.25, 0.3) is 10.2 Å². The maximum atomic E-state index is 13.1. The quantitative estimate of drug-likeness (QED) is 0.713. The Morgan fingerprint density at radius 1 is 1.19 bits per heavy atom. The van der Waals surface area contributed by atoms with Gasteiger partial charge in [-0.3, -0.25) is 19.5 Å². The lowest BCUT2D eigenvalue weighted by Crippen LogP contribution is -2.32. The van der Waals surface area contributed by atoms with Crippen molar-refractivity contribution in [3.05, 3.63) is 31.6 Å². The van der Waals surface area contributed by atoms with Crippen LogP contribution in [0.15, 0.2) is 4.79 Å². The van der Waals surface area contributed by atoms with E-state index in [4.69, 9.17) is 0 Å². The maximum Gasteiger partial charge on any atom is 0.263 e. The first-order chi connectivity index (χ1) is 12.3. The largest absolute Gasteiger partial charge is 0.302 e. The van der Waals surface area contributed by atoms with Crippen molar-refractivity contribution >= 4 is 43.9 Å². The minimum Gasteiger partial charge on any atom is -0.302 e. The van der Waals surface area contributed by atoms with Gasteiger partial charge in [-0.15, -0.1) is 21.5 Å². The molecular weight excluding hydrogens is 372 g/mol. The normalized spacial score (nSPS) is 11.5. The third-order valence-electron chi connectivity index (χ3n) is 3.90. The van der Waals surface area contributed by atoms with E-state index in [0.29, 0.717) is 22.9 Å². The summed E-state index contributed by atoms with van der Waals surface area (Å²) >= 11 is 2.80. The number of nitrogens with one attached hydrogen (secondary N) is 1. The van der Waals surface area contributed by atoms with Crippen LogP contribution in [-0.2, 0) is 17.9 Å². The van der Waals surface area contributed by atoms with Crippen LogP contribution in [0.3, 0.4) is 0 Å². The van der Waals surface area contributed by atoms with E-state index in [1.165, 1.54) is 27.2 Å². The molecule has 26 heavy (non-hydrogen) atoms. The summed E-state index contributed by atoms with van der Waals surface area (Å²) in [6.07, 6.45) is 0. The van der Waals surface area contributed by atoms with E-state index in [2.05, 4.69) is 20.5 Å². The minimum atomic E-state index is -0.325. The van der Waals surface area contributed by atoms with Gasteiger partial charge in [0.05, 0.1) is 11.9 Å². The van der Waals surface area contributed by atoms with E-state index < -0.39 is 0 Å². The van der Waals surface area contributed by atoms with Crippen molar-refractivity contribution in [2.45, 2.75) is 33.9 Å². The smallest absolute Gasteiger partial charge is 0.263 e. The highest BCUT2D eigenvalue weighted by Crippen LogP contribution is 2.26. The van der Waals surface area contributed by atoms with E-state index in [-0.39, 0.29) is 18.0 Å². The van der Waals surface area contributed by atoms with Crippen molar-refractivity contribution in [2.75, 3.05) is 19.4 Å². The fraction of sp³-hybridized carbons (Fsp3) is 0.438. The van der Waals surface area contributed by atoms with Gasteiger partial charge in [-0.1, -0.05) is 11.3 Å². The SMILES string of the molecule is Cc1nnc(NC(=O)Cn2c(CN(C)C)nc3sc(C)c(C)c3c2=O)s1. The molecular formula is C16H20N6O2S2. The average Bonchev–Trinajstić information content (AvgIpc) is 3.06. The molecule has 0 spiro atoms. The number of rotatable bonds is 5. The number of fused-ring (bicyclic) bond motifs is 1. The lowest BCUT2D eigenvalue weighted by molar-refractivity contribution is -0.116. The fourth-order valence-electron chi connectivity index (χ4n) is 2.59. The molecule has 3 heterocycles. The van der Waals surface area contributed by atoms with Crippen LogP contribution in [0.2, 0.25) is 0 Å². The molecule has 0 saturated carbocycles. The Morgan fingerprint density at radius 3 is 2.54 bits per heavy atom. The van der Waals surface area contributed by atoms with Gasteiger partial charge in [0.15, 0.2) is 0 Å². The van der Waals surface area contributed by atoms with E-state index in [1.54, 1.807) is 0 Å². The van der Waals surface area contributed by atoms with Gasteiger partial charge in [-0.25, -0.2) is 4.98 Å². The first-order valence-electron chi connectivity index (χ1n) is 8.00. The zero-order valence-corrected chi connectivity index (χ0v) is 16.9. The summed E-state index contributed by atoms with van der Waals surface area (Å²) in [6, 6.07) is 0. The Labute approximate surface area is 158 Å². The van der Waals surface area contributed by atoms with E-state index in [0.717, 1.165) is 20.3 Å². The molecule has 0 aliphatic heterocycles. The first kappa shape index (κ1) is 18.6. The molecule has 8 nitrogen and oxygen atoms in total. The van der Waals surface area contributed by atoms with Gasteiger partial charge in [0, 0.05) is 4.88 Å². The monoisotopic (exact) mass is 392 g/mol. The molecule has 10 heteroatoms. The predicted octanol–water partition coefficient (Wildman–Crippen LogP) is 1.94. The van der Waals surface area contributed by atoms with E-state index in [9.17, 15) is 9.59 Å². The van der Waals surface area contributed by atoms with Gasteiger partial charge < -0.3 is 4.90 Å². The molecule has 3 aromatic rings. The minimum absolute atomic E-state index is 0.113. The van der Waals surface area contributed by atoms with Crippen LogP contribution in [0, 0.1) is 20.8 Å². The standard InChI is InChI=1S/C16H20N6O2S2/c1-8-9(2)25-14-13(8)15(24)22(11(17-14)6-21(4)5)7-12(23)18-16-20-19-10(3)26-16/h6-7H2,1-5H3,(H,18,20,23). The van der Waals surface area contributed by atoms with Crippen molar-refractivity contribution in [2.24, 2.45) is 0 Å². The molecule has 0 aliphatic carbocycles. The summed E-state index contributed by atoms with van der Waals surface area (Å²) in [6.45, 7) is 6.05. The number of carbonyl (C=O) groups is 1. The van der Waals surface area contributed by atoms with Crippen LogP contribution < -0.4 is 10.9 Å². The van der Waals surface area contributed by atoms with E-state index >= 15 is 0 Å². The van der Waals surface area contributed by atoms with Crippen molar-refractivity contribution in [1.29, 1.82) is 0 Å². The molecule has 0 fully saturated rings. The Balaban J connectivity index is 2.01. The second-order valence-corrected chi connectivity index (χ2v) is 8.68. The van der Waals surface area contributed by atoms with E-state index in [1.807, 2.05) is 39.8 Å². The van der Waals surface area contributed by atoms with Gasteiger partial charge in [0.1, 0.15) is 22.2 Å². The molecule has 0 saturated heterocycles. The molecule has 0 aromatic carbocycles. The fourth-order valence-corrected chi connectivity index (χ4v) is 4.23. The number of aryl methyl sites for hydroxylation is 3. The number of nitrogens with zero attached hydrogens (tertiary/aromatic N) is 5. The summed E-state index contributed by atoms with van der Waals surface area (Å²) in [5.74, 6) is 0.242. The molecule has 138 valence electrons. The second kappa shape index (κ2) is 7.22. The predicted molar refractivity (Wildman–Crippen MR) is 104 cm³/mol. The van der Waals surface area contributed by atoms with Crippen molar-refractivity contribution in [3.8, 4) is 0 Å². The molecule has 0 atom stereocenters. The van der Waals surface area contributed by atoms with Crippen LogP contribution in [0.4, 0.5) is 5.13 Å². The molecule has 1 N–H and O–H groups in total. The average molecular weight is 393 g/mol. The van der Waals surface area contributed by atoms with Crippen LogP contribution in [0.5, 0.6) is 0 Å². The summed E-state index contributed by atoms with van der Waals surface area (Å²) in [5, 5.41) is 12.2. The molecule has 0 unspecified atom stereocenters. The summed E-state index contributed by atoms with van der Waals surface area (Å²) in [7, 11) is 3.80. The topological polar surface area (TPSA) is 93.0 Å². The highest BCUT2D eigenvalue weighted by atomic mass is 32.1. The van der Waals surface area contributed by atoms with Gasteiger partial charge in [-0.05, 0) is 40.4 Å². The molecule has 0 bridgehead atoms. The van der Waals surface area contributed by atoms with Crippen molar-refractivity contribution in [1.82, 2.24) is 24.6 Å². The van der Waals surface area contributed by atoms with Crippen LogP contribution in [0.1, 0.15) is 21.3 Å². The Morgan fingerprint density at radius 2 is 1.92 bits per heavy atom. The molecule has 3 rings (SSSR count). The van der Waals surface area contributed by atoms with Gasteiger partial charge in [0.2, 0.25) is 11.0 Å². The lowest BCUT2D eigenvalue weighted by Gasteiger charge is -2.15. The van der Waals surface area contributed by atoms with Crippen LogP contribution in [-0.4, -0.2) is 44.7 Å². The number of carbonyl (C=O) groups excluding carboxylic acids is 1. The Bertz CT molecular complexity index is 1030. The number of hydrogen-bond donors (Lipinski definition) is 1. The summed E-state index contributed by atoms with van der Waals surface area (Å²) in [5.41, 5.74) is 0.741. The number of aromatic nitrogens is 4. The molecule has 0 radical (unpaired) electrons. The highest BCUT2D eigenvalue weighted by Gasteiger charge is 2.19. The second-order valence-electron chi connectivity index (χ2n) is 6.29. The molecule has 1 amide bonds. The number of hydrogen-bond acceptors (Lipinski definition) is 8. The van der Waals surface area contributed by atoms with Gasteiger partial charge in [-0.2, -0.15) is 0 Å². The first-order valence-corrected chi connectivity index (χ1v) is 9.63. The summed E-state index contributed by atoms with van der Waals surface area (Å²) < 4.78 is 1.45. The molecule has 3 aromatic heterocycles. The highest BCUT2D eigenvalue weighted by molar-refractivity contribution is 7.18. The lowest BCUT2D eigenvalue weighted by atomic mass is 10.2. The van der Waals surface area contributed by atoms with Gasteiger partial charge >= 0.3 is 0 Å². The van der Waals surface area contributed by atoms with Crippen molar-refractivity contribution in [3.63, 3.8) is 0 Å². The number of amides is 1. The van der Waals surface area contributed by atoms with Crippen molar-refractivity contribution < 1.29 is 4.79 Å². The van der Waals surface area contributed by atoms with Gasteiger partial charge in [0.25, 0.3) is 5.56 Å². The zero-order chi connectivity index (χ0) is 19.0. The summed E-state index contributed by atoms with van der Waals surface area (Å²) in [4.78, 5) is 33.9. The number of thiophene rings is 1. The maximum absolute atomic E-state index is 13.1. The third-order valence-corrected chi connectivity index (χ3v) is 5.75. The molecule has 0 aliphatic rings. The van der Waals surface area contributed by atoms with Crippen LogP contribution >= 0.6 is 22.7 Å². The Hall–Kier alpha value is -2.17. The zero-order valence-electron chi connectivity index (χ0n) is 15.3. The number of anilines is 1.